The highest BCUT2D eigenvalue weighted by molar-refractivity contribution is 6.31. The van der Waals surface area contributed by atoms with Crippen LogP contribution in [-0.4, -0.2) is 33.0 Å². The number of aryl methyl sites for hydroxylation is 1. The van der Waals surface area contributed by atoms with Crippen LogP contribution in [-0.2, 0) is 4.79 Å². The second-order valence-corrected chi connectivity index (χ2v) is 11.5. The second-order valence-electron chi connectivity index (χ2n) is 11.1. The number of rotatable bonds is 8. The number of hydrogen-bond donors (Lipinski definition) is 1. The van der Waals surface area contributed by atoms with Crippen molar-refractivity contribution in [1.29, 1.82) is 0 Å². The van der Waals surface area contributed by atoms with Crippen molar-refractivity contribution in [3.8, 4) is 23.0 Å². The van der Waals surface area contributed by atoms with Crippen LogP contribution in [0.3, 0.4) is 0 Å². The molecule has 0 saturated carbocycles. The van der Waals surface area contributed by atoms with E-state index in [1.807, 2.05) is 42.7 Å². The van der Waals surface area contributed by atoms with Crippen LogP contribution in [0.1, 0.15) is 17.0 Å². The Morgan fingerprint density at radius 1 is 1.00 bits per heavy atom. The van der Waals surface area contributed by atoms with Crippen LogP contribution < -0.4 is 15.6 Å². The minimum atomic E-state index is -0.518. The molecule has 3 aromatic heterocycles. The fourth-order valence-corrected chi connectivity index (χ4v) is 5.72. The summed E-state index contributed by atoms with van der Waals surface area (Å²) in [7, 11) is 0. The Bertz CT molecular complexity index is 2430. The molecular weight excluding hydrogens is 633 g/mol. The predicted molar refractivity (Wildman–Crippen MR) is 185 cm³/mol. The van der Waals surface area contributed by atoms with E-state index in [4.69, 9.17) is 25.7 Å². The van der Waals surface area contributed by atoms with E-state index in [2.05, 4.69) is 10.4 Å². The molecule has 0 atom stereocenters. The molecule has 7 aromatic rings. The number of fused-ring (bicyclic) bond motifs is 2. The number of ether oxygens (including phenoxy) is 1. The summed E-state index contributed by atoms with van der Waals surface area (Å²) >= 11 is 6.19. The number of anilines is 1. The van der Waals surface area contributed by atoms with Crippen LogP contribution in [0.15, 0.2) is 117 Å². The number of hydrogen-bond acceptors (Lipinski definition) is 6. The summed E-state index contributed by atoms with van der Waals surface area (Å²) in [6, 6.07) is 29.3. The predicted octanol–water partition coefficient (Wildman–Crippen LogP) is 7.91. The van der Waals surface area contributed by atoms with Gasteiger partial charge in [-0.1, -0.05) is 35.9 Å². The van der Waals surface area contributed by atoms with Crippen molar-refractivity contribution in [2.24, 2.45) is 5.10 Å². The van der Waals surface area contributed by atoms with Crippen molar-refractivity contribution in [3.05, 3.63) is 141 Å². The van der Waals surface area contributed by atoms with Crippen molar-refractivity contribution in [2.75, 3.05) is 11.9 Å². The zero-order chi connectivity index (χ0) is 33.4. The van der Waals surface area contributed by atoms with Gasteiger partial charge < -0.3 is 19.0 Å². The molecule has 0 unspecified atom stereocenters. The molecule has 0 bridgehead atoms. The molecule has 1 amide bonds. The summed E-state index contributed by atoms with van der Waals surface area (Å²) < 4.78 is 28.8. The van der Waals surface area contributed by atoms with E-state index in [1.54, 1.807) is 72.9 Å². The monoisotopic (exact) mass is 659 g/mol. The van der Waals surface area contributed by atoms with E-state index in [-0.39, 0.29) is 23.7 Å². The topological polar surface area (TPSA) is 104 Å². The highest BCUT2D eigenvalue weighted by Crippen LogP contribution is 2.29. The maximum atomic E-state index is 13.8. The van der Waals surface area contributed by atoms with E-state index in [1.165, 1.54) is 16.8 Å². The fourth-order valence-electron chi connectivity index (χ4n) is 5.54. The minimum absolute atomic E-state index is 0.0946. The third-order valence-electron chi connectivity index (χ3n) is 7.85. The number of amides is 1. The normalized spacial score (nSPS) is 11.5. The lowest BCUT2D eigenvalue weighted by atomic mass is 10.2. The lowest BCUT2D eigenvalue weighted by molar-refractivity contribution is -0.118. The Morgan fingerprint density at radius 3 is 2.58 bits per heavy atom. The molecule has 11 heteroatoms. The first kappa shape index (κ1) is 30.6. The van der Waals surface area contributed by atoms with Gasteiger partial charge in [0, 0.05) is 33.0 Å². The van der Waals surface area contributed by atoms with Crippen LogP contribution in [0.2, 0.25) is 5.02 Å². The van der Waals surface area contributed by atoms with Crippen LogP contribution in [0.4, 0.5) is 10.1 Å². The number of aromatic nitrogens is 3. The molecule has 7 rings (SSSR count). The van der Waals surface area contributed by atoms with Crippen molar-refractivity contribution < 1.29 is 18.3 Å². The number of carbonyl (C=O) groups excluding carboxylic acids is 1. The van der Waals surface area contributed by atoms with Crippen molar-refractivity contribution in [1.82, 2.24) is 14.2 Å². The number of para-hydroxylation sites is 2. The highest BCUT2D eigenvalue weighted by Gasteiger charge is 2.17. The molecule has 238 valence electrons. The molecule has 48 heavy (non-hydrogen) atoms. The summed E-state index contributed by atoms with van der Waals surface area (Å²) in [5.41, 5.74) is 4.37. The molecule has 9 nitrogen and oxygen atoms in total. The SMILES string of the molecule is Cc1cc(C=Nn2c(-c3cc4cc(Cl)ccc4o3)nc3ccccc3c2=O)c(C)n1-c1ccc(OCC(=O)Nc2ccccc2F)cc1. The maximum absolute atomic E-state index is 13.8. The van der Waals surface area contributed by atoms with Gasteiger partial charge in [-0.05, 0) is 92.7 Å². The van der Waals surface area contributed by atoms with Crippen molar-refractivity contribution in [2.45, 2.75) is 13.8 Å². The zero-order valence-electron chi connectivity index (χ0n) is 25.8. The standard InChI is InChI=1S/C37H27ClFN5O4/c1-22-17-25(23(2)43(22)27-12-14-28(15-13-27)47-21-35(45)41-32-10-6-4-8-30(32)39)20-40-44-36(42-31-9-5-3-7-29(31)37(44)46)34-19-24-18-26(38)11-16-33(24)48-34/h3-20H,21H2,1-2H3,(H,41,45). The van der Waals surface area contributed by atoms with Crippen LogP contribution in [0.25, 0.3) is 39.1 Å². The quantitative estimate of drug-likeness (QED) is 0.167. The highest BCUT2D eigenvalue weighted by atomic mass is 35.5. The lowest BCUT2D eigenvalue weighted by Gasteiger charge is -2.12. The Hall–Kier alpha value is -6.00. The minimum Gasteiger partial charge on any atom is -0.484 e. The van der Waals surface area contributed by atoms with E-state index in [0.29, 0.717) is 33.0 Å². The van der Waals surface area contributed by atoms with Gasteiger partial charge in [0.05, 0.1) is 22.8 Å². The maximum Gasteiger partial charge on any atom is 0.282 e. The van der Waals surface area contributed by atoms with Crippen LogP contribution in [0.5, 0.6) is 5.75 Å². The third-order valence-corrected chi connectivity index (χ3v) is 8.08. The van der Waals surface area contributed by atoms with Gasteiger partial charge in [-0.15, -0.1) is 0 Å². The van der Waals surface area contributed by atoms with Gasteiger partial charge in [0.15, 0.2) is 12.4 Å². The first-order chi connectivity index (χ1) is 23.2. The molecule has 0 aliphatic carbocycles. The smallest absolute Gasteiger partial charge is 0.282 e. The zero-order valence-corrected chi connectivity index (χ0v) is 26.5. The van der Waals surface area contributed by atoms with Crippen LogP contribution in [0, 0.1) is 19.7 Å². The Balaban J connectivity index is 1.15. The van der Waals surface area contributed by atoms with E-state index >= 15 is 0 Å². The fraction of sp³-hybridized carbons (Fsp3) is 0.0811. The van der Waals surface area contributed by atoms with E-state index in [0.717, 1.165) is 28.0 Å². The Morgan fingerprint density at radius 2 is 1.77 bits per heavy atom. The average Bonchev–Trinajstić information content (AvgIpc) is 3.63. The van der Waals surface area contributed by atoms with Gasteiger partial charge >= 0.3 is 0 Å². The lowest BCUT2D eigenvalue weighted by Crippen LogP contribution is -2.20. The summed E-state index contributed by atoms with van der Waals surface area (Å²) in [4.78, 5) is 30.7. The molecule has 4 aromatic carbocycles. The molecule has 3 heterocycles. The van der Waals surface area contributed by atoms with Gasteiger partial charge in [-0.25, -0.2) is 9.37 Å². The Kier molecular flexibility index (Phi) is 8.08. The molecule has 0 aliphatic rings. The first-order valence-electron chi connectivity index (χ1n) is 15.0. The van der Waals surface area contributed by atoms with Gasteiger partial charge in [0.25, 0.3) is 11.5 Å². The van der Waals surface area contributed by atoms with E-state index < -0.39 is 11.7 Å². The molecule has 0 aliphatic heterocycles. The third kappa shape index (κ3) is 5.96. The van der Waals surface area contributed by atoms with Crippen molar-refractivity contribution in [3.63, 3.8) is 0 Å². The molecule has 0 saturated heterocycles. The number of nitrogens with zero attached hydrogens (tertiary/aromatic N) is 4. The second kappa shape index (κ2) is 12.7. The number of nitrogens with one attached hydrogen (secondary N) is 1. The molecule has 0 fully saturated rings. The Labute approximate surface area is 278 Å². The molecule has 1 N–H and O–H groups in total. The van der Waals surface area contributed by atoms with Gasteiger partial charge in [0.1, 0.15) is 17.1 Å². The summed E-state index contributed by atoms with van der Waals surface area (Å²) in [5, 5.41) is 8.90. The molecule has 0 spiro atoms. The number of benzene rings is 4. The molecular formula is C37H27ClFN5O4. The largest absolute Gasteiger partial charge is 0.484 e. The molecule has 0 radical (unpaired) electrons. The van der Waals surface area contributed by atoms with Gasteiger partial charge in [-0.3, -0.25) is 9.59 Å². The van der Waals surface area contributed by atoms with Gasteiger partial charge in [-0.2, -0.15) is 9.78 Å². The number of halogens is 2. The van der Waals surface area contributed by atoms with E-state index in [9.17, 15) is 14.0 Å². The number of carbonyl (C=O) groups is 1. The summed E-state index contributed by atoms with van der Waals surface area (Å²) in [5.74, 6) is 0.128. The number of furan rings is 1. The summed E-state index contributed by atoms with van der Waals surface area (Å²) in [6.07, 6.45) is 1.63. The van der Waals surface area contributed by atoms with Crippen molar-refractivity contribution >= 4 is 51.3 Å². The average molecular weight is 660 g/mol. The van der Waals surface area contributed by atoms with Crippen LogP contribution >= 0.6 is 11.6 Å². The van der Waals surface area contributed by atoms with Gasteiger partial charge in [0.2, 0.25) is 5.82 Å². The summed E-state index contributed by atoms with van der Waals surface area (Å²) in [6.45, 7) is 3.65. The first-order valence-corrected chi connectivity index (χ1v) is 15.3.